The average molecular weight is 222 g/mol. The van der Waals surface area contributed by atoms with Crippen LogP contribution in [-0.4, -0.2) is 0 Å². The zero-order valence-corrected chi connectivity index (χ0v) is 9.74. The molecule has 0 aromatic heterocycles. The lowest BCUT2D eigenvalue weighted by Gasteiger charge is -2.04. The van der Waals surface area contributed by atoms with Crippen molar-refractivity contribution < 1.29 is 8.78 Å². The summed E-state index contributed by atoms with van der Waals surface area (Å²) in [6, 6.07) is 0. The van der Waals surface area contributed by atoms with Gasteiger partial charge >= 0.3 is 0 Å². The summed E-state index contributed by atoms with van der Waals surface area (Å²) in [4.78, 5) is 0. The van der Waals surface area contributed by atoms with E-state index in [4.69, 9.17) is 0 Å². The van der Waals surface area contributed by atoms with E-state index in [2.05, 4.69) is 26.3 Å². The summed E-state index contributed by atoms with van der Waals surface area (Å²) in [7, 11) is 0. The van der Waals surface area contributed by atoms with Gasteiger partial charge in [0.2, 0.25) is 0 Å². The van der Waals surface area contributed by atoms with Crippen LogP contribution in [-0.2, 0) is 0 Å². The summed E-state index contributed by atoms with van der Waals surface area (Å²) in [5.41, 5.74) is 1.03. The molecule has 0 radical (unpaired) electrons. The van der Waals surface area contributed by atoms with Gasteiger partial charge in [-0.3, -0.25) is 0 Å². The van der Waals surface area contributed by atoms with E-state index < -0.39 is 11.7 Å². The van der Waals surface area contributed by atoms with Gasteiger partial charge < -0.3 is 0 Å². The van der Waals surface area contributed by atoms with E-state index >= 15 is 0 Å². The highest BCUT2D eigenvalue weighted by atomic mass is 19.2. The van der Waals surface area contributed by atoms with Crippen LogP contribution in [0.15, 0.2) is 72.4 Å². The SMILES string of the molecule is C=C(C)/C=C\C(=C)C(=C)/C(F)=C(/F)C(=C)C. The van der Waals surface area contributed by atoms with Crippen LogP contribution in [0.5, 0.6) is 0 Å². The van der Waals surface area contributed by atoms with Crippen LogP contribution in [0.2, 0.25) is 0 Å². The molecule has 0 N–H and O–H groups in total. The molecule has 0 aromatic carbocycles. The molecule has 0 spiro atoms. The van der Waals surface area contributed by atoms with Crippen molar-refractivity contribution in [2.45, 2.75) is 13.8 Å². The molecule has 0 bridgehead atoms. The number of halogens is 2. The Bertz CT molecular complexity index is 406. The lowest BCUT2D eigenvalue weighted by molar-refractivity contribution is 0.558. The Hall–Kier alpha value is -1.70. The van der Waals surface area contributed by atoms with Gasteiger partial charge in [0.25, 0.3) is 0 Å². The van der Waals surface area contributed by atoms with Crippen LogP contribution in [0, 0.1) is 0 Å². The summed E-state index contributed by atoms with van der Waals surface area (Å²) >= 11 is 0. The Kier molecular flexibility index (Phi) is 5.37. The van der Waals surface area contributed by atoms with Gasteiger partial charge in [-0.2, -0.15) is 0 Å². The van der Waals surface area contributed by atoms with E-state index in [1.54, 1.807) is 13.0 Å². The zero-order chi connectivity index (χ0) is 12.9. The van der Waals surface area contributed by atoms with E-state index in [1.807, 2.05) is 0 Å². The molecule has 0 unspecified atom stereocenters. The fraction of sp³-hybridized carbons (Fsp3) is 0.143. The Morgan fingerprint density at radius 3 is 1.75 bits per heavy atom. The monoisotopic (exact) mass is 222 g/mol. The number of allylic oxidation sites excluding steroid dienone is 8. The van der Waals surface area contributed by atoms with E-state index in [0.29, 0.717) is 5.57 Å². The molecule has 0 saturated carbocycles. The fourth-order valence-electron chi connectivity index (χ4n) is 0.804. The van der Waals surface area contributed by atoms with E-state index in [-0.39, 0.29) is 11.1 Å². The predicted octanol–water partition coefficient (Wildman–Crippen LogP) is 4.96. The topological polar surface area (TPSA) is 0 Å². The first-order valence-corrected chi connectivity index (χ1v) is 4.70. The quantitative estimate of drug-likeness (QED) is 0.577. The maximum Gasteiger partial charge on any atom is 0.166 e. The molecule has 0 aromatic rings. The van der Waals surface area contributed by atoms with Gasteiger partial charge in [0.1, 0.15) is 0 Å². The molecule has 0 atom stereocenters. The van der Waals surface area contributed by atoms with Gasteiger partial charge in [-0.1, -0.05) is 44.0 Å². The third kappa shape index (κ3) is 4.22. The standard InChI is InChI=1S/C14H16F2/c1-9(2)7-8-11(5)12(6)14(16)13(15)10(3)4/h7-8H,1,3,5-6H2,2,4H3/b8-7-,14-13-. The van der Waals surface area contributed by atoms with Crippen molar-refractivity contribution in [3.63, 3.8) is 0 Å². The number of hydrogen-bond donors (Lipinski definition) is 0. The highest BCUT2D eigenvalue weighted by Crippen LogP contribution is 2.26. The Morgan fingerprint density at radius 1 is 0.875 bits per heavy atom. The van der Waals surface area contributed by atoms with Crippen molar-refractivity contribution in [3.05, 3.63) is 72.4 Å². The van der Waals surface area contributed by atoms with Crippen molar-refractivity contribution in [2.24, 2.45) is 0 Å². The second-order valence-corrected chi connectivity index (χ2v) is 3.59. The third-order valence-corrected chi connectivity index (χ3v) is 1.79. The largest absolute Gasteiger partial charge is 0.203 e. The fourth-order valence-corrected chi connectivity index (χ4v) is 0.804. The molecule has 0 saturated heterocycles. The first-order valence-electron chi connectivity index (χ1n) is 4.70. The molecule has 0 fully saturated rings. The number of hydrogen-bond acceptors (Lipinski definition) is 0. The lowest BCUT2D eigenvalue weighted by atomic mass is 10.1. The Labute approximate surface area is 95.7 Å². The van der Waals surface area contributed by atoms with Crippen LogP contribution < -0.4 is 0 Å². The summed E-state index contributed by atoms with van der Waals surface area (Å²) in [5.74, 6) is -2.02. The second-order valence-electron chi connectivity index (χ2n) is 3.59. The van der Waals surface area contributed by atoms with Crippen LogP contribution in [0.1, 0.15) is 13.8 Å². The molecule has 0 heterocycles. The highest BCUT2D eigenvalue weighted by Gasteiger charge is 2.11. The van der Waals surface area contributed by atoms with Crippen molar-refractivity contribution in [1.29, 1.82) is 0 Å². The zero-order valence-electron chi connectivity index (χ0n) is 9.74. The minimum Gasteiger partial charge on any atom is -0.203 e. The molecular weight excluding hydrogens is 206 g/mol. The summed E-state index contributed by atoms with van der Waals surface area (Å²) in [6.45, 7) is 17.2. The smallest absolute Gasteiger partial charge is 0.166 e. The molecule has 0 rings (SSSR count). The first-order chi connectivity index (χ1) is 7.27. The highest BCUT2D eigenvalue weighted by molar-refractivity contribution is 5.49. The molecule has 86 valence electrons. The van der Waals surface area contributed by atoms with Gasteiger partial charge in [0.15, 0.2) is 11.7 Å². The minimum absolute atomic E-state index is 0.0235. The van der Waals surface area contributed by atoms with Crippen molar-refractivity contribution in [3.8, 4) is 0 Å². The van der Waals surface area contributed by atoms with Crippen molar-refractivity contribution in [2.75, 3.05) is 0 Å². The average Bonchev–Trinajstić information content (AvgIpc) is 2.22. The molecule has 0 amide bonds. The number of rotatable bonds is 5. The van der Waals surface area contributed by atoms with Gasteiger partial charge in [-0.05, 0) is 25.0 Å². The lowest BCUT2D eigenvalue weighted by Crippen LogP contribution is -1.89. The normalized spacial score (nSPS) is 12.2. The van der Waals surface area contributed by atoms with E-state index in [0.717, 1.165) is 5.57 Å². The molecular formula is C14H16F2. The predicted molar refractivity (Wildman–Crippen MR) is 66.3 cm³/mol. The van der Waals surface area contributed by atoms with Crippen LogP contribution in [0.4, 0.5) is 8.78 Å². The molecule has 0 aliphatic rings. The molecule has 0 aliphatic carbocycles. The van der Waals surface area contributed by atoms with Crippen LogP contribution in [0.25, 0.3) is 0 Å². The first kappa shape index (κ1) is 14.3. The molecule has 0 aliphatic heterocycles. The summed E-state index contributed by atoms with van der Waals surface area (Å²) < 4.78 is 26.6. The maximum atomic E-state index is 13.4. The molecule has 2 heteroatoms. The Morgan fingerprint density at radius 2 is 1.38 bits per heavy atom. The molecule has 0 nitrogen and oxygen atoms in total. The van der Waals surface area contributed by atoms with Gasteiger partial charge in [0.05, 0.1) is 0 Å². The van der Waals surface area contributed by atoms with Crippen molar-refractivity contribution >= 4 is 0 Å². The van der Waals surface area contributed by atoms with Gasteiger partial charge in [-0.15, -0.1) is 0 Å². The summed E-state index contributed by atoms with van der Waals surface area (Å²) in [6.07, 6.45) is 3.19. The van der Waals surface area contributed by atoms with Gasteiger partial charge in [0, 0.05) is 5.57 Å². The van der Waals surface area contributed by atoms with Crippen LogP contribution in [0.3, 0.4) is 0 Å². The Balaban J connectivity index is 4.96. The van der Waals surface area contributed by atoms with Gasteiger partial charge in [-0.25, -0.2) is 8.78 Å². The summed E-state index contributed by atoms with van der Waals surface area (Å²) in [5, 5.41) is 0. The van der Waals surface area contributed by atoms with Crippen molar-refractivity contribution in [1.82, 2.24) is 0 Å². The molecule has 16 heavy (non-hydrogen) atoms. The maximum absolute atomic E-state index is 13.4. The van der Waals surface area contributed by atoms with Crippen LogP contribution >= 0.6 is 0 Å². The van der Waals surface area contributed by atoms with E-state index in [1.165, 1.54) is 13.0 Å². The minimum atomic E-state index is -1.02. The van der Waals surface area contributed by atoms with E-state index in [9.17, 15) is 8.78 Å². The second kappa shape index (κ2) is 6.01. The third-order valence-electron chi connectivity index (χ3n) is 1.79.